The molecule has 0 bridgehead atoms. The molecule has 18 heavy (non-hydrogen) atoms. The van der Waals surface area contributed by atoms with Gasteiger partial charge in [-0.15, -0.1) is 0 Å². The normalized spacial score (nSPS) is 11.3. The first-order chi connectivity index (χ1) is 8.52. The fourth-order valence-corrected chi connectivity index (χ4v) is 1.48. The molecule has 0 aliphatic carbocycles. The van der Waals surface area contributed by atoms with Crippen LogP contribution in [-0.4, -0.2) is 16.3 Å². The van der Waals surface area contributed by atoms with Crippen molar-refractivity contribution in [3.63, 3.8) is 0 Å². The van der Waals surface area contributed by atoms with E-state index in [1.165, 1.54) is 0 Å². The van der Waals surface area contributed by atoms with Crippen molar-refractivity contribution in [2.24, 2.45) is 0 Å². The van der Waals surface area contributed by atoms with E-state index in [4.69, 9.17) is 0 Å². The summed E-state index contributed by atoms with van der Waals surface area (Å²) >= 11 is 0. The van der Waals surface area contributed by atoms with Crippen molar-refractivity contribution < 1.29 is 18.0 Å². The van der Waals surface area contributed by atoms with Crippen molar-refractivity contribution in [3.05, 3.63) is 48.0 Å². The highest BCUT2D eigenvalue weighted by Crippen LogP contribution is 2.27. The van der Waals surface area contributed by atoms with E-state index in [0.717, 1.165) is 12.4 Å². The van der Waals surface area contributed by atoms with Crippen LogP contribution in [0.15, 0.2) is 36.7 Å². The molecule has 0 aliphatic rings. The molecule has 2 rings (SSSR count). The van der Waals surface area contributed by atoms with Gasteiger partial charge in [0, 0.05) is 23.5 Å². The number of hydrogen-bond acceptors (Lipinski definition) is 3. The molecule has 92 valence electrons. The molecule has 1 aromatic heterocycles. The quantitative estimate of drug-likeness (QED) is 0.771. The van der Waals surface area contributed by atoms with Gasteiger partial charge in [0.25, 0.3) is 0 Å². The fourth-order valence-electron chi connectivity index (χ4n) is 1.48. The maximum Gasteiger partial charge on any atom is 0.451 e. The Labute approximate surface area is 100 Å². The third-order valence-electron chi connectivity index (χ3n) is 2.30. The first-order valence-corrected chi connectivity index (χ1v) is 4.96. The van der Waals surface area contributed by atoms with Crippen LogP contribution in [0.4, 0.5) is 13.2 Å². The largest absolute Gasteiger partial charge is 0.451 e. The Morgan fingerprint density at radius 2 is 1.67 bits per heavy atom. The van der Waals surface area contributed by atoms with Gasteiger partial charge < -0.3 is 0 Å². The van der Waals surface area contributed by atoms with Crippen LogP contribution in [0.5, 0.6) is 0 Å². The lowest BCUT2D eigenvalue weighted by atomic mass is 10.0. The van der Waals surface area contributed by atoms with Crippen LogP contribution in [0.1, 0.15) is 16.2 Å². The lowest BCUT2D eigenvalue weighted by Crippen LogP contribution is -2.10. The zero-order valence-corrected chi connectivity index (χ0v) is 8.98. The SMILES string of the molecule is O=Cc1ccccc1-c1cnc(C(F)(F)F)nc1. The maximum atomic E-state index is 12.3. The second-order valence-electron chi connectivity index (χ2n) is 3.50. The lowest BCUT2D eigenvalue weighted by molar-refractivity contribution is -0.144. The number of benzene rings is 1. The Hall–Kier alpha value is -2.24. The van der Waals surface area contributed by atoms with Gasteiger partial charge in [-0.1, -0.05) is 24.3 Å². The van der Waals surface area contributed by atoms with Crippen LogP contribution >= 0.6 is 0 Å². The molecule has 2 aromatic rings. The van der Waals surface area contributed by atoms with Crippen molar-refractivity contribution in [1.82, 2.24) is 9.97 Å². The van der Waals surface area contributed by atoms with Crippen LogP contribution in [0, 0.1) is 0 Å². The summed E-state index contributed by atoms with van der Waals surface area (Å²) in [6.07, 6.45) is -1.83. The van der Waals surface area contributed by atoms with Gasteiger partial charge in [-0.05, 0) is 5.56 Å². The van der Waals surface area contributed by atoms with E-state index >= 15 is 0 Å². The third-order valence-corrected chi connectivity index (χ3v) is 2.30. The number of rotatable bonds is 2. The molecule has 0 N–H and O–H groups in total. The number of aldehydes is 1. The summed E-state index contributed by atoms with van der Waals surface area (Å²) in [4.78, 5) is 17.3. The monoisotopic (exact) mass is 252 g/mol. The Bertz CT molecular complexity index is 564. The van der Waals surface area contributed by atoms with E-state index in [1.54, 1.807) is 24.3 Å². The molecule has 0 unspecified atom stereocenters. The van der Waals surface area contributed by atoms with Gasteiger partial charge in [0.05, 0.1) is 0 Å². The Morgan fingerprint density at radius 3 is 2.22 bits per heavy atom. The van der Waals surface area contributed by atoms with Gasteiger partial charge >= 0.3 is 6.18 Å². The summed E-state index contributed by atoms with van der Waals surface area (Å²) in [5.41, 5.74) is 1.24. The van der Waals surface area contributed by atoms with Crippen LogP contribution in [-0.2, 0) is 6.18 Å². The zero-order chi connectivity index (χ0) is 13.2. The standard InChI is InChI=1S/C12H7F3N2O/c13-12(14,15)11-16-5-9(6-17-11)10-4-2-1-3-8(10)7-18/h1-7H. The Balaban J connectivity index is 2.44. The summed E-state index contributed by atoms with van der Waals surface area (Å²) in [7, 11) is 0. The second-order valence-corrected chi connectivity index (χ2v) is 3.50. The number of halogens is 3. The van der Waals surface area contributed by atoms with Gasteiger partial charge in [0.1, 0.15) is 0 Å². The maximum absolute atomic E-state index is 12.3. The number of alkyl halides is 3. The van der Waals surface area contributed by atoms with Crippen molar-refractivity contribution in [3.8, 4) is 11.1 Å². The zero-order valence-electron chi connectivity index (χ0n) is 8.98. The number of aromatic nitrogens is 2. The molecule has 1 heterocycles. The number of nitrogens with zero attached hydrogens (tertiary/aromatic N) is 2. The van der Waals surface area contributed by atoms with Crippen molar-refractivity contribution in [2.45, 2.75) is 6.18 Å². The first-order valence-electron chi connectivity index (χ1n) is 4.96. The molecule has 0 atom stereocenters. The summed E-state index contributed by atoms with van der Waals surface area (Å²) in [6, 6.07) is 6.54. The molecule has 0 saturated heterocycles. The minimum absolute atomic E-state index is 0.366. The fraction of sp³-hybridized carbons (Fsp3) is 0.0833. The van der Waals surface area contributed by atoms with Gasteiger partial charge in [0.15, 0.2) is 6.29 Å². The predicted molar refractivity (Wildman–Crippen MR) is 57.9 cm³/mol. The van der Waals surface area contributed by atoms with E-state index in [-0.39, 0.29) is 0 Å². The highest BCUT2D eigenvalue weighted by molar-refractivity contribution is 5.87. The van der Waals surface area contributed by atoms with Gasteiger partial charge in [-0.2, -0.15) is 13.2 Å². The lowest BCUT2D eigenvalue weighted by Gasteiger charge is -2.06. The minimum Gasteiger partial charge on any atom is -0.298 e. The van der Waals surface area contributed by atoms with Crippen molar-refractivity contribution >= 4 is 6.29 Å². The molecule has 0 radical (unpaired) electrons. The number of hydrogen-bond donors (Lipinski definition) is 0. The minimum atomic E-state index is -4.57. The van der Waals surface area contributed by atoms with E-state index < -0.39 is 12.0 Å². The van der Waals surface area contributed by atoms with Crippen LogP contribution in [0.25, 0.3) is 11.1 Å². The Kier molecular flexibility index (Phi) is 3.10. The smallest absolute Gasteiger partial charge is 0.298 e. The summed E-state index contributed by atoms with van der Waals surface area (Å²) in [5.74, 6) is -1.20. The molecule has 0 amide bonds. The molecule has 0 saturated carbocycles. The number of carbonyl (C=O) groups excluding carboxylic acids is 1. The highest BCUT2D eigenvalue weighted by Gasteiger charge is 2.34. The second kappa shape index (κ2) is 4.56. The van der Waals surface area contributed by atoms with Gasteiger partial charge in [0.2, 0.25) is 5.82 Å². The third kappa shape index (κ3) is 2.37. The average Bonchev–Trinajstić information content (AvgIpc) is 2.38. The van der Waals surface area contributed by atoms with Crippen LogP contribution < -0.4 is 0 Å². The van der Waals surface area contributed by atoms with E-state index in [2.05, 4.69) is 9.97 Å². The molecule has 1 aromatic carbocycles. The van der Waals surface area contributed by atoms with Crippen molar-refractivity contribution in [1.29, 1.82) is 0 Å². The molecule has 0 aliphatic heterocycles. The summed E-state index contributed by atoms with van der Waals surface area (Å²) in [5, 5.41) is 0. The number of carbonyl (C=O) groups is 1. The summed E-state index contributed by atoms with van der Waals surface area (Å²) < 4.78 is 36.9. The average molecular weight is 252 g/mol. The van der Waals surface area contributed by atoms with Gasteiger partial charge in [-0.25, -0.2) is 9.97 Å². The predicted octanol–water partition coefficient (Wildman–Crippen LogP) is 2.97. The molecular formula is C12H7F3N2O. The van der Waals surface area contributed by atoms with Crippen LogP contribution in [0.3, 0.4) is 0 Å². The topological polar surface area (TPSA) is 42.9 Å². The first kappa shape index (κ1) is 12.2. The molecular weight excluding hydrogens is 245 g/mol. The van der Waals surface area contributed by atoms with Crippen LogP contribution in [0.2, 0.25) is 0 Å². The highest BCUT2D eigenvalue weighted by atomic mass is 19.4. The summed E-state index contributed by atoms with van der Waals surface area (Å²) in [6.45, 7) is 0. The van der Waals surface area contributed by atoms with Crippen molar-refractivity contribution in [2.75, 3.05) is 0 Å². The van der Waals surface area contributed by atoms with E-state index in [9.17, 15) is 18.0 Å². The molecule has 3 nitrogen and oxygen atoms in total. The van der Waals surface area contributed by atoms with E-state index in [1.807, 2.05) is 0 Å². The Morgan fingerprint density at radius 1 is 1.06 bits per heavy atom. The molecule has 0 spiro atoms. The van der Waals surface area contributed by atoms with Gasteiger partial charge in [-0.3, -0.25) is 4.79 Å². The van der Waals surface area contributed by atoms with E-state index in [0.29, 0.717) is 23.0 Å². The molecule has 0 fully saturated rings. The molecule has 6 heteroatoms.